The van der Waals surface area contributed by atoms with Gasteiger partial charge in [-0.1, -0.05) is 0 Å². The number of nitrogens with two attached hydrogens (primary N) is 1. The van der Waals surface area contributed by atoms with Crippen molar-refractivity contribution < 1.29 is 5.11 Å². The van der Waals surface area contributed by atoms with Gasteiger partial charge in [-0.25, -0.2) is 0 Å². The van der Waals surface area contributed by atoms with Crippen LogP contribution in [0.3, 0.4) is 0 Å². The van der Waals surface area contributed by atoms with Crippen molar-refractivity contribution in [1.29, 1.82) is 0 Å². The molecule has 0 aromatic carbocycles. The fourth-order valence-corrected chi connectivity index (χ4v) is 2.75. The molecule has 0 radical (unpaired) electrons. The van der Waals surface area contributed by atoms with E-state index in [1.165, 1.54) is 10.4 Å². The lowest BCUT2D eigenvalue weighted by atomic mass is 10.1. The monoisotopic (exact) mass is 169 g/mol. The lowest BCUT2D eigenvalue weighted by Gasteiger charge is -2.04. The Morgan fingerprint density at radius 1 is 1.73 bits per heavy atom. The van der Waals surface area contributed by atoms with Gasteiger partial charge < -0.3 is 10.8 Å². The smallest absolute Gasteiger partial charge is 0.0508 e. The molecule has 2 nitrogen and oxygen atoms in total. The van der Waals surface area contributed by atoms with Crippen LogP contribution in [0.2, 0.25) is 0 Å². The van der Waals surface area contributed by atoms with Crippen LogP contribution in [-0.4, -0.2) is 11.7 Å². The highest BCUT2D eigenvalue weighted by molar-refractivity contribution is 7.10. The van der Waals surface area contributed by atoms with Gasteiger partial charge in [0.1, 0.15) is 0 Å². The summed E-state index contributed by atoms with van der Waals surface area (Å²) in [6.45, 7) is 0.237. The lowest BCUT2D eigenvalue weighted by molar-refractivity contribution is 0.263. The van der Waals surface area contributed by atoms with E-state index in [0.29, 0.717) is 5.92 Å². The molecule has 0 saturated carbocycles. The summed E-state index contributed by atoms with van der Waals surface area (Å²) in [6.07, 6.45) is 0.915. The zero-order valence-electron chi connectivity index (χ0n) is 6.16. The van der Waals surface area contributed by atoms with Gasteiger partial charge in [-0.05, 0) is 23.4 Å². The minimum absolute atomic E-state index is 0.161. The van der Waals surface area contributed by atoms with Crippen LogP contribution < -0.4 is 5.73 Å². The molecule has 0 spiro atoms. The van der Waals surface area contributed by atoms with Crippen LogP contribution in [0.1, 0.15) is 28.8 Å². The summed E-state index contributed by atoms with van der Waals surface area (Å²) in [5.41, 5.74) is 7.10. The van der Waals surface area contributed by atoms with Gasteiger partial charge >= 0.3 is 0 Å². The Kier molecular flexibility index (Phi) is 1.71. The summed E-state index contributed by atoms with van der Waals surface area (Å²) in [5.74, 6) is 0.306. The van der Waals surface area contributed by atoms with E-state index in [1.807, 2.05) is 5.38 Å². The Bertz CT molecular complexity index is 258. The number of aliphatic hydroxyl groups excluding tert-OH is 1. The first-order valence-electron chi connectivity index (χ1n) is 3.76. The Hall–Kier alpha value is -0.380. The van der Waals surface area contributed by atoms with Gasteiger partial charge in [0.15, 0.2) is 0 Å². The van der Waals surface area contributed by atoms with Crippen molar-refractivity contribution in [2.75, 3.05) is 6.61 Å². The summed E-state index contributed by atoms with van der Waals surface area (Å²) < 4.78 is 0. The van der Waals surface area contributed by atoms with E-state index in [2.05, 4.69) is 6.07 Å². The van der Waals surface area contributed by atoms with Crippen molar-refractivity contribution in [2.24, 2.45) is 5.73 Å². The highest BCUT2D eigenvalue weighted by Gasteiger charge is 2.28. The van der Waals surface area contributed by atoms with Crippen LogP contribution in [0.15, 0.2) is 11.4 Å². The van der Waals surface area contributed by atoms with Gasteiger partial charge in [0.25, 0.3) is 0 Å². The first-order chi connectivity index (χ1) is 5.33. The Morgan fingerprint density at radius 2 is 2.55 bits per heavy atom. The third-order valence-electron chi connectivity index (χ3n) is 2.26. The molecule has 0 aliphatic heterocycles. The second-order valence-electron chi connectivity index (χ2n) is 2.96. The predicted molar refractivity (Wildman–Crippen MR) is 45.7 cm³/mol. The largest absolute Gasteiger partial charge is 0.396 e. The van der Waals surface area contributed by atoms with Gasteiger partial charge in [-0.15, -0.1) is 11.3 Å². The fourth-order valence-electron chi connectivity index (χ4n) is 1.67. The molecule has 60 valence electrons. The number of hydrogen-bond donors (Lipinski definition) is 2. The molecule has 1 aliphatic carbocycles. The minimum Gasteiger partial charge on any atom is -0.396 e. The molecule has 3 heteroatoms. The molecule has 2 rings (SSSR count). The quantitative estimate of drug-likeness (QED) is 0.664. The zero-order valence-corrected chi connectivity index (χ0v) is 6.97. The molecule has 0 bridgehead atoms. The molecule has 3 N–H and O–H groups in total. The molecule has 2 atom stereocenters. The summed E-state index contributed by atoms with van der Waals surface area (Å²) in [5, 5.41) is 11.0. The zero-order chi connectivity index (χ0) is 7.84. The molecule has 0 unspecified atom stereocenters. The summed E-state index contributed by atoms with van der Waals surface area (Å²) in [4.78, 5) is 1.29. The predicted octanol–water partition coefficient (Wildman–Crippen LogP) is 1.23. The highest BCUT2D eigenvalue weighted by atomic mass is 32.1. The molecule has 1 aliphatic rings. The van der Waals surface area contributed by atoms with Gasteiger partial charge in [0, 0.05) is 16.8 Å². The van der Waals surface area contributed by atoms with Gasteiger partial charge in [0.2, 0.25) is 0 Å². The SMILES string of the molecule is N[C@@H]1C[C@@H](CO)c2sccc21. The van der Waals surface area contributed by atoms with E-state index < -0.39 is 0 Å². The standard InChI is InChI=1S/C8H11NOS/c9-7-3-5(4-10)8-6(7)1-2-11-8/h1-2,5,7,10H,3-4,9H2/t5-,7+/m0/s1. The first-order valence-corrected chi connectivity index (χ1v) is 4.64. The van der Waals surface area contributed by atoms with E-state index in [1.54, 1.807) is 11.3 Å². The minimum atomic E-state index is 0.161. The maximum Gasteiger partial charge on any atom is 0.0508 e. The number of rotatable bonds is 1. The normalized spacial score (nSPS) is 28.9. The Balaban J connectivity index is 2.37. The van der Waals surface area contributed by atoms with Crippen LogP contribution in [-0.2, 0) is 0 Å². The second-order valence-corrected chi connectivity index (χ2v) is 3.91. The van der Waals surface area contributed by atoms with Gasteiger partial charge in [-0.3, -0.25) is 0 Å². The average Bonchev–Trinajstić information content (AvgIpc) is 2.54. The fraction of sp³-hybridized carbons (Fsp3) is 0.500. The van der Waals surface area contributed by atoms with Crippen LogP contribution >= 0.6 is 11.3 Å². The molecule has 1 aromatic heterocycles. The van der Waals surface area contributed by atoms with Crippen LogP contribution in [0.4, 0.5) is 0 Å². The van der Waals surface area contributed by atoms with Crippen LogP contribution in [0, 0.1) is 0 Å². The highest BCUT2D eigenvalue weighted by Crippen LogP contribution is 2.41. The summed E-state index contributed by atoms with van der Waals surface area (Å²) >= 11 is 1.71. The van der Waals surface area contributed by atoms with Crippen LogP contribution in [0.5, 0.6) is 0 Å². The molecule has 0 amide bonds. The molecule has 0 fully saturated rings. The number of thiophene rings is 1. The summed E-state index contributed by atoms with van der Waals surface area (Å²) in [6, 6.07) is 2.23. The second kappa shape index (κ2) is 2.59. The van der Waals surface area contributed by atoms with E-state index in [0.717, 1.165) is 6.42 Å². The van der Waals surface area contributed by atoms with E-state index >= 15 is 0 Å². The van der Waals surface area contributed by atoms with Crippen molar-refractivity contribution in [3.05, 3.63) is 21.9 Å². The number of aliphatic hydroxyl groups is 1. The van der Waals surface area contributed by atoms with Crippen molar-refractivity contribution in [3.63, 3.8) is 0 Å². The molecular formula is C8H11NOS. The van der Waals surface area contributed by atoms with Crippen molar-refractivity contribution >= 4 is 11.3 Å². The van der Waals surface area contributed by atoms with Gasteiger partial charge in [-0.2, -0.15) is 0 Å². The third-order valence-corrected chi connectivity index (χ3v) is 3.35. The van der Waals surface area contributed by atoms with Crippen molar-refractivity contribution in [1.82, 2.24) is 0 Å². The van der Waals surface area contributed by atoms with Crippen molar-refractivity contribution in [2.45, 2.75) is 18.4 Å². The molecule has 0 saturated heterocycles. The molecular weight excluding hydrogens is 158 g/mol. The Labute approximate surface area is 69.7 Å². The number of hydrogen-bond acceptors (Lipinski definition) is 3. The average molecular weight is 169 g/mol. The van der Waals surface area contributed by atoms with Crippen LogP contribution in [0.25, 0.3) is 0 Å². The summed E-state index contributed by atoms with van der Waals surface area (Å²) in [7, 11) is 0. The number of fused-ring (bicyclic) bond motifs is 1. The van der Waals surface area contributed by atoms with E-state index in [-0.39, 0.29) is 12.6 Å². The van der Waals surface area contributed by atoms with E-state index in [4.69, 9.17) is 10.8 Å². The topological polar surface area (TPSA) is 46.2 Å². The Morgan fingerprint density at radius 3 is 3.27 bits per heavy atom. The van der Waals surface area contributed by atoms with E-state index in [9.17, 15) is 0 Å². The maximum absolute atomic E-state index is 9.00. The third kappa shape index (κ3) is 1.00. The first kappa shape index (κ1) is 7.28. The van der Waals surface area contributed by atoms with Crippen molar-refractivity contribution in [3.8, 4) is 0 Å². The lowest BCUT2D eigenvalue weighted by Crippen LogP contribution is -2.06. The molecule has 11 heavy (non-hydrogen) atoms. The maximum atomic E-state index is 9.00. The molecule has 1 aromatic rings. The molecule has 1 heterocycles. The van der Waals surface area contributed by atoms with Gasteiger partial charge in [0.05, 0.1) is 6.61 Å².